The van der Waals surface area contributed by atoms with Crippen molar-refractivity contribution >= 4 is 23.4 Å². The highest BCUT2D eigenvalue weighted by Crippen LogP contribution is 2.16. The monoisotopic (exact) mass is 351 g/mol. The van der Waals surface area contributed by atoms with Gasteiger partial charge in [0.1, 0.15) is 11.0 Å². The largest absolute Gasteiger partial charge is 0.353 e. The summed E-state index contributed by atoms with van der Waals surface area (Å²) >= 11 is 5.96. The summed E-state index contributed by atoms with van der Waals surface area (Å²) in [4.78, 5) is 20.9. The molecule has 2 fully saturated rings. The zero-order valence-corrected chi connectivity index (χ0v) is 14.8. The van der Waals surface area contributed by atoms with Crippen molar-refractivity contribution in [3.05, 3.63) is 23.4 Å². The molecule has 0 bridgehead atoms. The first-order chi connectivity index (χ1) is 11.7. The molecule has 132 valence electrons. The fourth-order valence-electron chi connectivity index (χ4n) is 3.31. The molecule has 1 unspecified atom stereocenters. The van der Waals surface area contributed by atoms with E-state index in [0.29, 0.717) is 18.2 Å². The Hall–Kier alpha value is -1.53. The Labute approximate surface area is 148 Å². The number of carbonyl (C=O) groups excluding carboxylic acids is 1. The number of hydrogen-bond donors (Lipinski definition) is 2. The number of rotatable bonds is 2. The van der Waals surface area contributed by atoms with E-state index in [1.165, 1.54) is 12.8 Å². The van der Waals surface area contributed by atoms with Crippen LogP contribution in [-0.2, 0) is 0 Å². The molecule has 0 radical (unpaired) electrons. The van der Waals surface area contributed by atoms with E-state index in [-0.39, 0.29) is 12.1 Å². The Morgan fingerprint density at radius 1 is 1.17 bits per heavy atom. The summed E-state index contributed by atoms with van der Waals surface area (Å²) in [5.74, 6) is 0.883. The van der Waals surface area contributed by atoms with Crippen LogP contribution in [0.25, 0.3) is 0 Å². The van der Waals surface area contributed by atoms with Gasteiger partial charge in [-0.25, -0.2) is 9.78 Å². The number of hydrogen-bond acceptors (Lipinski definition) is 4. The molecule has 0 saturated carbocycles. The number of amides is 2. The molecular weight excluding hydrogens is 326 g/mol. The van der Waals surface area contributed by atoms with Crippen molar-refractivity contribution in [2.45, 2.75) is 31.7 Å². The third kappa shape index (κ3) is 4.74. The molecule has 6 nitrogen and oxygen atoms in total. The Morgan fingerprint density at radius 2 is 2.00 bits per heavy atom. The molecule has 1 aromatic rings. The lowest BCUT2D eigenvalue weighted by Crippen LogP contribution is -2.54. The number of carbonyl (C=O) groups is 1. The Morgan fingerprint density at radius 3 is 2.79 bits per heavy atom. The predicted molar refractivity (Wildman–Crippen MR) is 96.7 cm³/mol. The van der Waals surface area contributed by atoms with Gasteiger partial charge >= 0.3 is 6.03 Å². The minimum atomic E-state index is 0.0688. The smallest absolute Gasteiger partial charge is 0.317 e. The number of nitrogens with zero attached hydrogens (tertiary/aromatic N) is 3. The lowest BCUT2D eigenvalue weighted by molar-refractivity contribution is 0.188. The van der Waals surface area contributed by atoms with Crippen molar-refractivity contribution in [1.29, 1.82) is 0 Å². The van der Waals surface area contributed by atoms with Gasteiger partial charge < -0.3 is 20.4 Å². The van der Waals surface area contributed by atoms with Crippen LogP contribution in [0, 0.1) is 0 Å². The highest BCUT2D eigenvalue weighted by Gasteiger charge is 2.23. The average Bonchev–Trinajstić information content (AvgIpc) is 2.57. The van der Waals surface area contributed by atoms with E-state index in [9.17, 15) is 4.79 Å². The average molecular weight is 352 g/mol. The minimum Gasteiger partial charge on any atom is -0.353 e. The van der Waals surface area contributed by atoms with Crippen molar-refractivity contribution in [2.24, 2.45) is 0 Å². The van der Waals surface area contributed by atoms with E-state index in [1.807, 2.05) is 17.0 Å². The summed E-state index contributed by atoms with van der Waals surface area (Å²) in [6.45, 7) is 5.08. The van der Waals surface area contributed by atoms with Gasteiger partial charge in [-0.2, -0.15) is 0 Å². The minimum absolute atomic E-state index is 0.0688. The first-order valence-electron chi connectivity index (χ1n) is 8.86. The second-order valence-corrected chi connectivity index (χ2v) is 6.86. The summed E-state index contributed by atoms with van der Waals surface area (Å²) in [6, 6.07) is 6.01. The fraction of sp³-hybridized carbons (Fsp3) is 0.647. The van der Waals surface area contributed by atoms with E-state index in [0.717, 1.165) is 44.8 Å². The molecule has 0 aliphatic carbocycles. The zero-order valence-electron chi connectivity index (χ0n) is 14.0. The van der Waals surface area contributed by atoms with E-state index in [1.54, 1.807) is 6.07 Å². The normalized spacial score (nSPS) is 22.6. The molecule has 2 saturated heterocycles. The first-order valence-corrected chi connectivity index (χ1v) is 9.24. The van der Waals surface area contributed by atoms with E-state index in [4.69, 9.17) is 11.6 Å². The molecule has 2 amide bonds. The van der Waals surface area contributed by atoms with Crippen LogP contribution in [-0.4, -0.2) is 61.2 Å². The van der Waals surface area contributed by atoms with E-state index in [2.05, 4.69) is 20.5 Å². The van der Waals surface area contributed by atoms with Crippen LogP contribution in [0.5, 0.6) is 0 Å². The lowest BCUT2D eigenvalue weighted by Gasteiger charge is -2.36. The third-order valence-electron chi connectivity index (χ3n) is 4.74. The highest BCUT2D eigenvalue weighted by molar-refractivity contribution is 6.29. The summed E-state index contributed by atoms with van der Waals surface area (Å²) in [5.41, 5.74) is 0. The van der Waals surface area contributed by atoms with Crippen molar-refractivity contribution in [2.75, 3.05) is 44.2 Å². The predicted octanol–water partition coefficient (Wildman–Crippen LogP) is 2.10. The second-order valence-electron chi connectivity index (χ2n) is 6.47. The van der Waals surface area contributed by atoms with Gasteiger partial charge in [0.2, 0.25) is 0 Å². The molecule has 24 heavy (non-hydrogen) atoms. The van der Waals surface area contributed by atoms with Crippen molar-refractivity contribution < 1.29 is 4.79 Å². The maximum Gasteiger partial charge on any atom is 0.317 e. The van der Waals surface area contributed by atoms with Gasteiger partial charge in [-0.3, -0.25) is 0 Å². The van der Waals surface area contributed by atoms with Crippen LogP contribution < -0.4 is 15.5 Å². The molecule has 1 aromatic heterocycles. The van der Waals surface area contributed by atoms with Crippen LogP contribution in [0.1, 0.15) is 25.7 Å². The van der Waals surface area contributed by atoms with Crippen LogP contribution >= 0.6 is 11.6 Å². The topological polar surface area (TPSA) is 60.5 Å². The number of piperazine rings is 1. The first kappa shape index (κ1) is 17.3. The standard InChI is InChI=1S/C17H26ClN5O/c18-15-5-3-6-16(21-15)22-10-12-23(13-11-22)17(24)20-14-4-1-2-8-19-9-7-14/h3,5-6,14,19H,1-2,4,7-13H2,(H,20,24). The van der Waals surface area contributed by atoms with Crippen molar-refractivity contribution in [3.8, 4) is 0 Å². The molecular formula is C17H26ClN5O. The molecule has 2 N–H and O–H groups in total. The second kappa shape index (κ2) is 8.53. The number of aromatic nitrogens is 1. The summed E-state index contributed by atoms with van der Waals surface area (Å²) in [7, 11) is 0. The van der Waals surface area contributed by atoms with Gasteiger partial charge in [-0.15, -0.1) is 0 Å². The third-order valence-corrected chi connectivity index (χ3v) is 4.96. The van der Waals surface area contributed by atoms with Gasteiger partial charge in [-0.1, -0.05) is 24.1 Å². The van der Waals surface area contributed by atoms with Gasteiger partial charge in [0.25, 0.3) is 0 Å². The van der Waals surface area contributed by atoms with Crippen LogP contribution in [0.4, 0.5) is 10.6 Å². The summed E-state index contributed by atoms with van der Waals surface area (Å²) in [5, 5.41) is 7.13. The molecule has 0 aromatic carbocycles. The number of anilines is 1. The maximum atomic E-state index is 12.5. The molecule has 1 atom stereocenters. The molecule has 3 heterocycles. The maximum absolute atomic E-state index is 12.5. The number of urea groups is 1. The zero-order chi connectivity index (χ0) is 16.8. The molecule has 0 spiro atoms. The number of halogens is 1. The molecule has 3 rings (SSSR count). The van der Waals surface area contributed by atoms with Crippen molar-refractivity contribution in [3.63, 3.8) is 0 Å². The summed E-state index contributed by atoms with van der Waals surface area (Å²) < 4.78 is 0. The van der Waals surface area contributed by atoms with E-state index < -0.39 is 0 Å². The van der Waals surface area contributed by atoms with Gasteiger partial charge in [0.15, 0.2) is 0 Å². The van der Waals surface area contributed by atoms with Crippen molar-refractivity contribution in [1.82, 2.24) is 20.5 Å². The van der Waals surface area contributed by atoms with E-state index >= 15 is 0 Å². The Kier molecular flexibility index (Phi) is 6.15. The molecule has 2 aliphatic rings. The lowest BCUT2D eigenvalue weighted by atomic mass is 10.0. The molecule has 2 aliphatic heterocycles. The Bertz CT molecular complexity index is 540. The quantitative estimate of drug-likeness (QED) is 0.801. The number of nitrogens with one attached hydrogen (secondary N) is 2. The highest BCUT2D eigenvalue weighted by atomic mass is 35.5. The molecule has 7 heteroatoms. The SMILES string of the molecule is O=C(NC1CCCCNCC1)N1CCN(c2cccc(Cl)n2)CC1. The van der Waals surface area contributed by atoms with Crippen LogP contribution in [0.2, 0.25) is 5.15 Å². The van der Waals surface area contributed by atoms with Gasteiger partial charge in [0, 0.05) is 32.2 Å². The van der Waals surface area contributed by atoms with Crippen LogP contribution in [0.3, 0.4) is 0 Å². The number of pyridine rings is 1. The van der Waals surface area contributed by atoms with Gasteiger partial charge in [-0.05, 0) is 44.5 Å². The Balaban J connectivity index is 1.47. The summed E-state index contributed by atoms with van der Waals surface area (Å²) in [6.07, 6.45) is 4.46. The van der Waals surface area contributed by atoms with Gasteiger partial charge in [0.05, 0.1) is 0 Å². The van der Waals surface area contributed by atoms with Crippen LogP contribution in [0.15, 0.2) is 18.2 Å². The fourth-order valence-corrected chi connectivity index (χ4v) is 3.47.